The third-order valence-corrected chi connectivity index (χ3v) is 14.5. The monoisotopic (exact) mass is 893 g/mol. The quantitative estimate of drug-likeness (QED) is 0.140. The van der Waals surface area contributed by atoms with Gasteiger partial charge in [0.15, 0.2) is 0 Å². The van der Waals surface area contributed by atoms with Crippen LogP contribution in [-0.4, -0.2) is 7.05 Å². The Balaban J connectivity index is 1.21. The van der Waals surface area contributed by atoms with Gasteiger partial charge in [0.05, 0.1) is 5.69 Å². The summed E-state index contributed by atoms with van der Waals surface area (Å²) in [5, 5.41) is 6.09. The van der Waals surface area contributed by atoms with Gasteiger partial charge < -0.3 is 15.1 Å². The highest BCUT2D eigenvalue weighted by atomic mass is 32.1. The Morgan fingerprint density at radius 3 is 1.57 bits per heavy atom. The number of fused-ring (bicyclic) bond motifs is 3. The standard InChI is InChI=1S/C64H51N3S/c1-43-20-14-15-27-53(43)64-44(2)58(54-28-16-18-30-60(54)65-4)42-59(45(64)3)55-38-36-51(66(48-23-10-6-11-24-48)52-37-39-57-56-29-17-19-31-62(56)68-63(57)41-52)40-61(55)67(49-25-12-7-13-26-49)50-34-32-47(33-35-50)46-21-8-5-9-22-46/h5-42,65H,1-4H3. The number of nitrogens with zero attached hydrogens (tertiary/aromatic N) is 2. The summed E-state index contributed by atoms with van der Waals surface area (Å²) in [7, 11) is 2.01. The van der Waals surface area contributed by atoms with E-state index in [-0.39, 0.29) is 0 Å². The maximum absolute atomic E-state index is 3.51. The van der Waals surface area contributed by atoms with Gasteiger partial charge >= 0.3 is 0 Å². The molecule has 0 spiro atoms. The van der Waals surface area contributed by atoms with E-state index in [1.165, 1.54) is 75.8 Å². The maximum atomic E-state index is 3.51. The lowest BCUT2D eigenvalue weighted by atomic mass is 9.82. The van der Waals surface area contributed by atoms with Gasteiger partial charge in [-0.1, -0.05) is 152 Å². The van der Waals surface area contributed by atoms with Crippen molar-refractivity contribution in [2.45, 2.75) is 20.8 Å². The topological polar surface area (TPSA) is 18.5 Å². The highest BCUT2D eigenvalue weighted by Crippen LogP contribution is 2.50. The third kappa shape index (κ3) is 7.79. The number of nitrogens with one attached hydrogen (secondary N) is 1. The molecule has 0 bridgehead atoms. The second kappa shape index (κ2) is 18.2. The molecule has 11 rings (SSSR count). The van der Waals surface area contributed by atoms with E-state index in [4.69, 9.17) is 0 Å². The molecule has 0 fully saturated rings. The van der Waals surface area contributed by atoms with Crippen LogP contribution in [0.15, 0.2) is 231 Å². The number of benzene rings is 10. The van der Waals surface area contributed by atoms with E-state index in [2.05, 4.69) is 266 Å². The normalized spacial score (nSPS) is 11.2. The van der Waals surface area contributed by atoms with Gasteiger partial charge in [-0.2, -0.15) is 0 Å². The van der Waals surface area contributed by atoms with Crippen molar-refractivity contribution < 1.29 is 0 Å². The van der Waals surface area contributed by atoms with Gasteiger partial charge in [-0.05, 0) is 150 Å². The van der Waals surface area contributed by atoms with E-state index in [0.717, 1.165) is 45.4 Å². The van der Waals surface area contributed by atoms with E-state index >= 15 is 0 Å². The molecule has 68 heavy (non-hydrogen) atoms. The lowest BCUT2D eigenvalue weighted by Crippen LogP contribution is -2.14. The summed E-state index contributed by atoms with van der Waals surface area (Å²) in [4.78, 5) is 4.86. The summed E-state index contributed by atoms with van der Waals surface area (Å²) in [5.41, 5.74) is 20.8. The van der Waals surface area contributed by atoms with Gasteiger partial charge in [0.1, 0.15) is 0 Å². The van der Waals surface area contributed by atoms with Crippen LogP contribution >= 0.6 is 11.3 Å². The number of para-hydroxylation sites is 3. The first-order valence-corrected chi connectivity index (χ1v) is 24.2. The van der Waals surface area contributed by atoms with E-state index in [9.17, 15) is 0 Å². The molecule has 4 heteroatoms. The first kappa shape index (κ1) is 42.5. The molecule has 0 aliphatic heterocycles. The summed E-state index contributed by atoms with van der Waals surface area (Å²) in [6.07, 6.45) is 0. The Labute approximate surface area is 403 Å². The van der Waals surface area contributed by atoms with Crippen molar-refractivity contribution in [1.29, 1.82) is 0 Å². The van der Waals surface area contributed by atoms with E-state index in [1.807, 2.05) is 18.4 Å². The molecule has 1 N–H and O–H groups in total. The number of hydrogen-bond acceptors (Lipinski definition) is 4. The Morgan fingerprint density at radius 2 is 0.868 bits per heavy atom. The second-order valence-electron chi connectivity index (χ2n) is 17.4. The Kier molecular flexibility index (Phi) is 11.4. The van der Waals surface area contributed by atoms with Crippen LogP contribution in [0, 0.1) is 20.8 Å². The summed E-state index contributed by atoms with van der Waals surface area (Å²) < 4.78 is 2.56. The van der Waals surface area contributed by atoms with Gasteiger partial charge in [0.25, 0.3) is 0 Å². The van der Waals surface area contributed by atoms with Gasteiger partial charge in [0.2, 0.25) is 0 Å². The molecule has 10 aromatic carbocycles. The van der Waals surface area contributed by atoms with Gasteiger partial charge in [-0.25, -0.2) is 0 Å². The fourth-order valence-corrected chi connectivity index (χ4v) is 11.2. The van der Waals surface area contributed by atoms with Crippen molar-refractivity contribution in [2.75, 3.05) is 22.2 Å². The van der Waals surface area contributed by atoms with Crippen LogP contribution in [-0.2, 0) is 0 Å². The average molecular weight is 894 g/mol. The molecule has 0 saturated heterocycles. The molecule has 0 unspecified atom stereocenters. The summed E-state index contributed by atoms with van der Waals surface area (Å²) in [5.74, 6) is 0. The molecule has 1 aromatic heterocycles. The zero-order chi connectivity index (χ0) is 46.1. The minimum atomic E-state index is 1.06. The van der Waals surface area contributed by atoms with Gasteiger partial charge in [-0.15, -0.1) is 11.3 Å². The summed E-state index contributed by atoms with van der Waals surface area (Å²) >= 11 is 1.85. The zero-order valence-corrected chi connectivity index (χ0v) is 39.6. The molecule has 11 aromatic rings. The lowest BCUT2D eigenvalue weighted by Gasteiger charge is -2.32. The van der Waals surface area contributed by atoms with Crippen molar-refractivity contribution in [3.63, 3.8) is 0 Å². The SMILES string of the molecule is CNc1ccccc1-c1cc(-c2ccc(N(c3ccccc3)c3ccc4c(c3)sc3ccccc34)cc2N(c2ccccc2)c2ccc(-c3ccccc3)cc2)c(C)c(-c2ccccc2C)c1C. The summed E-state index contributed by atoms with van der Waals surface area (Å²) in [6.45, 7) is 6.83. The maximum Gasteiger partial charge on any atom is 0.0561 e. The van der Waals surface area contributed by atoms with Crippen LogP contribution in [0.1, 0.15) is 16.7 Å². The average Bonchev–Trinajstić information content (AvgIpc) is 3.77. The smallest absolute Gasteiger partial charge is 0.0561 e. The molecule has 0 radical (unpaired) electrons. The fourth-order valence-electron chi connectivity index (χ4n) is 10.1. The molecular weight excluding hydrogens is 843 g/mol. The highest BCUT2D eigenvalue weighted by molar-refractivity contribution is 7.25. The Morgan fingerprint density at radius 1 is 0.353 bits per heavy atom. The van der Waals surface area contributed by atoms with Crippen LogP contribution < -0.4 is 15.1 Å². The number of anilines is 7. The van der Waals surface area contributed by atoms with Crippen molar-refractivity contribution in [1.82, 2.24) is 0 Å². The van der Waals surface area contributed by atoms with Crippen molar-refractivity contribution in [2.24, 2.45) is 0 Å². The predicted octanol–water partition coefficient (Wildman–Crippen LogP) is 18.6. The molecule has 0 atom stereocenters. The van der Waals surface area contributed by atoms with Crippen LogP contribution in [0.25, 0.3) is 64.7 Å². The molecule has 0 amide bonds. The van der Waals surface area contributed by atoms with Crippen molar-refractivity contribution >= 4 is 71.3 Å². The third-order valence-electron chi connectivity index (χ3n) is 13.4. The molecule has 0 aliphatic carbocycles. The van der Waals surface area contributed by atoms with Gasteiger partial charge in [-0.3, -0.25) is 0 Å². The summed E-state index contributed by atoms with van der Waals surface area (Å²) in [6, 6.07) is 84.0. The van der Waals surface area contributed by atoms with E-state index < -0.39 is 0 Å². The first-order chi connectivity index (χ1) is 33.4. The molecule has 1 heterocycles. The van der Waals surface area contributed by atoms with Crippen molar-refractivity contribution in [3.05, 3.63) is 247 Å². The number of rotatable bonds is 11. The number of aryl methyl sites for hydroxylation is 1. The van der Waals surface area contributed by atoms with E-state index in [0.29, 0.717) is 0 Å². The fraction of sp³-hybridized carbons (Fsp3) is 0.0625. The Hall–Kier alpha value is -8.18. The molecule has 328 valence electrons. The Bertz CT molecular complexity index is 3580. The molecule has 0 saturated carbocycles. The van der Waals surface area contributed by atoms with Crippen LogP contribution in [0.3, 0.4) is 0 Å². The predicted molar refractivity (Wildman–Crippen MR) is 294 cm³/mol. The zero-order valence-electron chi connectivity index (χ0n) is 38.7. The molecular formula is C64H51N3S. The first-order valence-electron chi connectivity index (χ1n) is 23.3. The number of hydrogen-bond donors (Lipinski definition) is 1. The van der Waals surface area contributed by atoms with Crippen LogP contribution in [0.5, 0.6) is 0 Å². The van der Waals surface area contributed by atoms with Crippen LogP contribution in [0.4, 0.5) is 39.8 Å². The number of thiophene rings is 1. The van der Waals surface area contributed by atoms with E-state index in [1.54, 1.807) is 0 Å². The molecule has 3 nitrogen and oxygen atoms in total. The second-order valence-corrected chi connectivity index (χ2v) is 18.5. The minimum absolute atomic E-state index is 1.06. The minimum Gasteiger partial charge on any atom is -0.388 e. The lowest BCUT2D eigenvalue weighted by molar-refractivity contribution is 1.25. The molecule has 0 aliphatic rings. The van der Waals surface area contributed by atoms with Crippen molar-refractivity contribution in [3.8, 4) is 44.5 Å². The van der Waals surface area contributed by atoms with Crippen LogP contribution in [0.2, 0.25) is 0 Å². The van der Waals surface area contributed by atoms with Gasteiger partial charge in [0, 0.05) is 72.5 Å². The highest BCUT2D eigenvalue weighted by Gasteiger charge is 2.25. The largest absolute Gasteiger partial charge is 0.388 e.